The maximum absolute atomic E-state index is 11.8. The van der Waals surface area contributed by atoms with Crippen LogP contribution in [0.25, 0.3) is 0 Å². The van der Waals surface area contributed by atoms with E-state index in [1.165, 1.54) is 20.8 Å². The summed E-state index contributed by atoms with van der Waals surface area (Å²) >= 11 is 11.9. The van der Waals surface area contributed by atoms with E-state index in [4.69, 9.17) is 18.9 Å². The summed E-state index contributed by atoms with van der Waals surface area (Å²) in [7, 11) is 0. The number of aliphatic hydroxyl groups excluding tert-OH is 3. The predicted octanol–water partition coefficient (Wildman–Crippen LogP) is -0.463. The Morgan fingerprint density at radius 3 is 1.19 bits per heavy atom. The first-order valence-electron chi connectivity index (χ1n) is 9.82. The van der Waals surface area contributed by atoms with E-state index in [-0.39, 0.29) is 33.0 Å². The third-order valence-corrected chi connectivity index (χ3v) is 5.04. The van der Waals surface area contributed by atoms with Gasteiger partial charge in [-0.1, -0.05) is 0 Å². The summed E-state index contributed by atoms with van der Waals surface area (Å²) in [6.07, 6.45) is 0. The molecular formula is C19H34O10S3. The minimum absolute atomic E-state index is 0.273. The van der Waals surface area contributed by atoms with Gasteiger partial charge in [-0.2, -0.15) is 37.9 Å². The summed E-state index contributed by atoms with van der Waals surface area (Å²) in [6.45, 7) is 1.23. The van der Waals surface area contributed by atoms with E-state index in [0.717, 1.165) is 0 Å². The van der Waals surface area contributed by atoms with E-state index in [9.17, 15) is 29.7 Å². The molecule has 32 heavy (non-hydrogen) atoms. The highest BCUT2D eigenvalue weighted by Crippen LogP contribution is 2.24. The largest absolute Gasteiger partial charge is 0.464 e. The second-order valence-electron chi connectivity index (χ2n) is 7.82. The molecule has 13 heteroatoms. The quantitative estimate of drug-likeness (QED) is 0.0900. The number of esters is 3. The molecule has 0 aliphatic rings. The normalized spacial score (nSPS) is 16.4. The highest BCUT2D eigenvalue weighted by Gasteiger charge is 2.37. The van der Waals surface area contributed by atoms with Gasteiger partial charge in [0, 0.05) is 0 Å². The van der Waals surface area contributed by atoms with Gasteiger partial charge >= 0.3 is 17.9 Å². The minimum Gasteiger partial charge on any atom is -0.464 e. The number of carbonyl (C=O) groups is 3. The lowest BCUT2D eigenvalue weighted by Gasteiger charge is -2.34. The van der Waals surface area contributed by atoms with E-state index in [1.54, 1.807) is 0 Å². The Hall–Kier alpha value is -0.700. The van der Waals surface area contributed by atoms with Crippen LogP contribution in [0.2, 0.25) is 0 Å². The number of ether oxygens (including phenoxy) is 4. The van der Waals surface area contributed by atoms with Crippen molar-refractivity contribution in [2.24, 2.45) is 10.8 Å². The van der Waals surface area contributed by atoms with Gasteiger partial charge in [-0.3, -0.25) is 14.4 Å². The van der Waals surface area contributed by atoms with Crippen molar-refractivity contribution < 1.29 is 48.7 Å². The minimum atomic E-state index is -1.33. The molecule has 0 aromatic carbocycles. The molecule has 0 heterocycles. The lowest BCUT2D eigenvalue weighted by molar-refractivity contribution is -0.164. The molecular weight excluding hydrogens is 484 g/mol. The van der Waals surface area contributed by atoms with Crippen molar-refractivity contribution in [2.75, 3.05) is 52.9 Å². The van der Waals surface area contributed by atoms with Crippen molar-refractivity contribution in [3.63, 3.8) is 0 Å². The van der Waals surface area contributed by atoms with E-state index < -0.39 is 64.3 Å². The smallest absolute Gasteiger partial charge is 0.318 e. The number of carbonyl (C=O) groups excluding carboxylic acids is 3. The third kappa shape index (κ3) is 10.9. The summed E-state index contributed by atoms with van der Waals surface area (Å²) in [5.41, 5.74) is -2.66. The number of hydrogen-bond donors (Lipinski definition) is 6. The standard InChI is InChI=1S/C19H34O10S3/c1-12(30)15(23)27-9-18(4-20,5-21)7-26-8-19(6-22,10-28-16(24)13(2)31)11-29-17(25)14(3)32/h12-14,20-22,30-32H,4-11H2,1-3H3. The van der Waals surface area contributed by atoms with Crippen molar-refractivity contribution in [1.29, 1.82) is 0 Å². The highest BCUT2D eigenvalue weighted by molar-refractivity contribution is 7.82. The first-order chi connectivity index (χ1) is 14.9. The Kier molecular flexibility index (Phi) is 14.9. The number of rotatable bonds is 16. The third-order valence-electron chi connectivity index (χ3n) is 4.41. The lowest BCUT2D eigenvalue weighted by atomic mass is 9.90. The van der Waals surface area contributed by atoms with Crippen LogP contribution in [0.4, 0.5) is 0 Å². The Bertz CT molecular complexity index is 570. The lowest BCUT2D eigenvalue weighted by Crippen LogP contribution is -2.46. The molecule has 0 spiro atoms. The van der Waals surface area contributed by atoms with Crippen LogP contribution in [-0.4, -0.2) is 102 Å². The molecule has 3 unspecified atom stereocenters. The molecule has 0 saturated carbocycles. The Balaban J connectivity index is 5.29. The highest BCUT2D eigenvalue weighted by atomic mass is 32.1. The molecule has 0 amide bonds. The average Bonchev–Trinajstić information content (AvgIpc) is 2.76. The fraction of sp³-hybridized carbons (Fsp3) is 0.842. The molecule has 0 fully saturated rings. The van der Waals surface area contributed by atoms with Crippen molar-refractivity contribution in [2.45, 2.75) is 36.5 Å². The van der Waals surface area contributed by atoms with Gasteiger partial charge in [-0.05, 0) is 20.8 Å². The second-order valence-corrected chi connectivity index (χ2v) is 10.1. The average molecular weight is 519 g/mol. The maximum atomic E-state index is 11.8. The van der Waals surface area contributed by atoms with Gasteiger partial charge in [-0.25, -0.2) is 0 Å². The van der Waals surface area contributed by atoms with Gasteiger partial charge in [-0.15, -0.1) is 0 Å². The molecule has 188 valence electrons. The molecule has 0 radical (unpaired) electrons. The molecule has 0 aromatic rings. The van der Waals surface area contributed by atoms with Crippen LogP contribution < -0.4 is 0 Å². The van der Waals surface area contributed by atoms with Crippen molar-refractivity contribution in [1.82, 2.24) is 0 Å². The Morgan fingerprint density at radius 2 is 0.906 bits per heavy atom. The fourth-order valence-corrected chi connectivity index (χ4v) is 2.28. The summed E-state index contributed by atoms with van der Waals surface area (Å²) < 4.78 is 21.0. The van der Waals surface area contributed by atoms with E-state index >= 15 is 0 Å². The van der Waals surface area contributed by atoms with Gasteiger partial charge in [0.2, 0.25) is 0 Å². The topological polar surface area (TPSA) is 149 Å². The van der Waals surface area contributed by atoms with Crippen LogP contribution >= 0.6 is 37.9 Å². The van der Waals surface area contributed by atoms with E-state index in [2.05, 4.69) is 37.9 Å². The SMILES string of the molecule is CC(S)C(=O)OCC(CO)(CO)COCC(CO)(COC(=O)C(C)S)COC(=O)C(C)S. The molecule has 10 nitrogen and oxygen atoms in total. The molecule has 0 aromatic heterocycles. The molecule has 3 atom stereocenters. The molecule has 0 rings (SSSR count). The number of hydrogen-bond acceptors (Lipinski definition) is 13. The van der Waals surface area contributed by atoms with E-state index in [0.29, 0.717) is 0 Å². The summed E-state index contributed by atoms with van der Waals surface area (Å²) in [5, 5.41) is 27.3. The first kappa shape index (κ1) is 31.3. The van der Waals surface area contributed by atoms with Crippen LogP contribution in [0.5, 0.6) is 0 Å². The summed E-state index contributed by atoms with van der Waals surface area (Å²) in [4.78, 5) is 35.3. The van der Waals surface area contributed by atoms with Crippen molar-refractivity contribution in [3.8, 4) is 0 Å². The van der Waals surface area contributed by atoms with E-state index in [1.807, 2.05) is 0 Å². The van der Waals surface area contributed by atoms with Crippen LogP contribution in [0.3, 0.4) is 0 Å². The number of thiol groups is 3. The molecule has 0 bridgehead atoms. The van der Waals surface area contributed by atoms with Gasteiger partial charge in [0.05, 0.1) is 59.6 Å². The van der Waals surface area contributed by atoms with Crippen molar-refractivity contribution >= 4 is 55.8 Å². The molecule has 0 saturated heterocycles. The monoisotopic (exact) mass is 518 g/mol. The van der Waals surface area contributed by atoms with Crippen LogP contribution in [-0.2, 0) is 33.3 Å². The zero-order chi connectivity index (χ0) is 24.9. The van der Waals surface area contributed by atoms with Gasteiger partial charge in [0.15, 0.2) is 0 Å². The van der Waals surface area contributed by atoms with Crippen LogP contribution in [0.15, 0.2) is 0 Å². The fourth-order valence-electron chi connectivity index (χ4n) is 2.05. The molecule has 3 N–H and O–H groups in total. The summed E-state index contributed by atoms with van der Waals surface area (Å²) in [5.74, 6) is -1.93. The zero-order valence-corrected chi connectivity index (χ0v) is 21.1. The molecule has 0 aliphatic carbocycles. The van der Waals surface area contributed by atoms with Gasteiger partial charge in [0.25, 0.3) is 0 Å². The van der Waals surface area contributed by atoms with Gasteiger partial charge < -0.3 is 34.3 Å². The first-order valence-corrected chi connectivity index (χ1v) is 11.4. The Labute approximate surface area is 204 Å². The predicted molar refractivity (Wildman–Crippen MR) is 125 cm³/mol. The second kappa shape index (κ2) is 15.3. The Morgan fingerprint density at radius 1 is 0.625 bits per heavy atom. The molecule has 0 aliphatic heterocycles. The van der Waals surface area contributed by atoms with Crippen LogP contribution in [0.1, 0.15) is 20.8 Å². The van der Waals surface area contributed by atoms with Crippen LogP contribution in [0, 0.1) is 10.8 Å². The summed E-state index contributed by atoms with van der Waals surface area (Å²) in [6, 6.07) is 0. The van der Waals surface area contributed by atoms with Gasteiger partial charge in [0.1, 0.15) is 19.8 Å². The van der Waals surface area contributed by atoms with Crippen molar-refractivity contribution in [3.05, 3.63) is 0 Å². The maximum Gasteiger partial charge on any atom is 0.318 e. The zero-order valence-electron chi connectivity index (χ0n) is 18.4. The number of aliphatic hydroxyl groups is 3.